The minimum Gasteiger partial charge on any atom is -0.870 e. The second kappa shape index (κ2) is 42.0. The van der Waals surface area contributed by atoms with E-state index >= 15 is 0 Å². The summed E-state index contributed by atoms with van der Waals surface area (Å²) < 4.78 is 4.83. The molecule has 1 radical (unpaired) electrons. The standard InChI is InChI=1S/C9H11N3O3.4C5H10O2.4CH4O.Co.Tb/c1-15-7-4-2-3-6(8(7)13)5-11-12-9(10)14;4*1-5(2,3)4(6)7;4*1-2;;/h2-5,13H,1H3,(H3,10,12,14);4*1-3H3,(H,6,7);4*2H,1H3;;/q;;;;;;;;;+2;+3/p-5/b11-5+;;;;;;;;;;. The van der Waals surface area contributed by atoms with Gasteiger partial charge in [-0.05, 0) is 11.6 Å². The number of benzene rings is 1. The Bertz CT molecular complexity index is 999. The number of hydrogen-bond donors (Lipinski definition) is 6. The van der Waals surface area contributed by atoms with Crippen LogP contribution in [0.2, 0.25) is 0 Å². The van der Waals surface area contributed by atoms with Crippen LogP contribution < -0.4 is 41.4 Å². The number of primary amides is 1. The number of carbonyl (C=O) groups is 5. The summed E-state index contributed by atoms with van der Waals surface area (Å²) in [6.07, 6.45) is 1.20. The minimum atomic E-state index is -1.01. The Morgan fingerprint density at radius 1 is 0.642 bits per heavy atom. The van der Waals surface area contributed by atoms with Crippen LogP contribution in [-0.4, -0.2) is 92.1 Å². The van der Waals surface area contributed by atoms with E-state index in [0.29, 0.717) is 5.56 Å². The van der Waals surface area contributed by atoms with Gasteiger partial charge in [0.05, 0.1) is 13.3 Å². The van der Waals surface area contributed by atoms with Crippen LogP contribution in [0.1, 0.15) is 88.6 Å². The van der Waals surface area contributed by atoms with E-state index in [9.17, 15) is 49.5 Å². The fourth-order valence-electron chi connectivity index (χ4n) is 0.961. The van der Waals surface area contributed by atoms with Crippen LogP contribution in [0.5, 0.6) is 11.5 Å². The number of hydrazone groups is 1. The third-order valence-electron chi connectivity index (χ3n) is 4.06. The molecular formula is C33H62CoN3O15Tb. The molecule has 0 saturated carbocycles. The first kappa shape index (κ1) is 75.3. The molecule has 53 heavy (non-hydrogen) atoms. The van der Waals surface area contributed by atoms with Gasteiger partial charge in [0.25, 0.3) is 0 Å². The number of rotatable bonds is 3. The molecule has 317 valence electrons. The minimum absolute atomic E-state index is 0. The van der Waals surface area contributed by atoms with Gasteiger partial charge in [0.15, 0.2) is 0 Å². The molecule has 1 aromatic carbocycles. The van der Waals surface area contributed by atoms with E-state index < -0.39 is 51.6 Å². The van der Waals surface area contributed by atoms with E-state index in [1.54, 1.807) is 101 Å². The van der Waals surface area contributed by atoms with Crippen molar-refractivity contribution in [3.63, 3.8) is 0 Å². The smallest absolute Gasteiger partial charge is 0.870 e. The Kier molecular flexibility index (Phi) is 59.7. The number of aliphatic hydroxyl groups excluding tert-OH is 4. The maximum absolute atomic E-state index is 11.5. The molecule has 0 bridgehead atoms. The zero-order valence-corrected chi connectivity index (χ0v) is 37.0. The van der Waals surface area contributed by atoms with Crippen molar-refractivity contribution in [2.75, 3.05) is 35.5 Å². The molecule has 0 spiro atoms. The second-order valence-electron chi connectivity index (χ2n) is 12.8. The van der Waals surface area contributed by atoms with Crippen LogP contribution in [0.4, 0.5) is 4.79 Å². The summed E-state index contributed by atoms with van der Waals surface area (Å²) in [4.78, 5) is 49.9. The van der Waals surface area contributed by atoms with E-state index in [-0.39, 0.29) is 66.9 Å². The van der Waals surface area contributed by atoms with Crippen molar-refractivity contribution < 1.29 is 130 Å². The monoisotopic (exact) mass is 958 g/mol. The van der Waals surface area contributed by atoms with Crippen LogP contribution in [0.25, 0.3) is 0 Å². The quantitative estimate of drug-likeness (QED) is 0.133. The number of nitrogens with zero attached hydrogens (tertiary/aromatic N) is 1. The molecule has 0 aliphatic carbocycles. The van der Waals surface area contributed by atoms with Crippen molar-refractivity contribution >= 4 is 36.1 Å². The summed E-state index contributed by atoms with van der Waals surface area (Å²) in [6, 6.07) is 3.95. The molecule has 20 heteroatoms. The molecule has 1 rings (SSSR count). The fraction of sp³-hybridized carbons (Fsp3) is 0.636. The molecular weight excluding hydrogens is 896 g/mol. The van der Waals surface area contributed by atoms with Gasteiger partial charge in [-0.1, -0.05) is 101 Å². The predicted molar refractivity (Wildman–Crippen MR) is 183 cm³/mol. The number of para-hydroxylation sites is 1. The van der Waals surface area contributed by atoms with E-state index in [0.717, 1.165) is 28.4 Å². The molecule has 18 nitrogen and oxygen atoms in total. The average Bonchev–Trinajstić information content (AvgIpc) is 3.01. The van der Waals surface area contributed by atoms with Gasteiger partial charge in [-0.15, -0.1) is 0 Å². The number of carbonyl (C=O) groups excluding carboxylic acids is 5. The Labute approximate surface area is 355 Å². The van der Waals surface area contributed by atoms with Gasteiger partial charge >= 0.3 is 61.4 Å². The molecule has 0 atom stereocenters. The third-order valence-corrected chi connectivity index (χ3v) is 4.06. The summed E-state index contributed by atoms with van der Waals surface area (Å²) in [5.41, 5.74) is 4.30. The zero-order chi connectivity index (χ0) is 43.6. The number of hydrogen-bond acceptors (Lipinski definition) is 16. The summed E-state index contributed by atoms with van der Waals surface area (Å²) in [7, 11) is 5.40. The van der Waals surface area contributed by atoms with Crippen LogP contribution in [0, 0.1) is 60.3 Å². The SMILES string of the molecule is CC(C)(C)C(=O)[O-].CC(C)(C)C(=O)[O-].CC(C)(C)C(=O)[O-].CC(C)(C)C(=O)[O-].CO.CO.CO.CO.COc1cccc(/C=N/NC(N)=O)c1[O-].[Co+2].[Tb+3]. The number of carboxylic acids is 4. The number of ether oxygens (including phenoxy) is 1. The van der Waals surface area contributed by atoms with Crippen molar-refractivity contribution in [1.82, 2.24) is 5.43 Å². The number of urea groups is 1. The molecule has 0 saturated heterocycles. The Morgan fingerprint density at radius 3 is 1.04 bits per heavy atom. The third kappa shape index (κ3) is 58.8. The summed E-state index contributed by atoms with van der Waals surface area (Å²) in [6.45, 7) is 19.2. The summed E-state index contributed by atoms with van der Waals surface area (Å²) in [5, 5.41) is 82.6. The van der Waals surface area contributed by atoms with Crippen LogP contribution in [0.3, 0.4) is 0 Å². The van der Waals surface area contributed by atoms with Crippen molar-refractivity contribution in [1.29, 1.82) is 0 Å². The van der Waals surface area contributed by atoms with Crippen molar-refractivity contribution in [3.8, 4) is 11.5 Å². The van der Waals surface area contributed by atoms with Crippen molar-refractivity contribution in [2.24, 2.45) is 32.5 Å². The number of nitrogens with one attached hydrogen (secondary N) is 1. The number of amides is 2. The van der Waals surface area contributed by atoms with Crippen molar-refractivity contribution in [3.05, 3.63) is 23.8 Å². The van der Waals surface area contributed by atoms with E-state index in [1.807, 2.05) is 5.43 Å². The van der Waals surface area contributed by atoms with Gasteiger partial charge in [-0.3, -0.25) is 0 Å². The topological polar surface area (TPSA) is 341 Å². The van der Waals surface area contributed by atoms with Gasteiger partial charge in [0.1, 0.15) is 5.75 Å². The largest absolute Gasteiger partial charge is 3.00 e. The van der Waals surface area contributed by atoms with Gasteiger partial charge < -0.3 is 75.6 Å². The number of aliphatic carboxylic acids is 4. The Morgan fingerprint density at radius 2 is 0.868 bits per heavy atom. The van der Waals surface area contributed by atoms with Gasteiger partial charge in [-0.25, -0.2) is 10.2 Å². The van der Waals surface area contributed by atoms with Gasteiger partial charge in [0, 0.05) is 74.0 Å². The number of methoxy groups -OCH3 is 1. The van der Waals surface area contributed by atoms with Crippen molar-refractivity contribution in [2.45, 2.75) is 83.1 Å². The molecule has 0 fully saturated rings. The molecule has 0 aromatic heterocycles. The first-order valence-corrected chi connectivity index (χ1v) is 14.5. The Balaban J connectivity index is -0.0000000535. The first-order valence-electron chi connectivity index (χ1n) is 14.5. The fourth-order valence-corrected chi connectivity index (χ4v) is 0.961. The number of carboxylic acid groups (broad SMARTS) is 4. The van der Waals surface area contributed by atoms with E-state index in [2.05, 4.69) is 5.10 Å². The van der Waals surface area contributed by atoms with Gasteiger partial charge in [-0.2, -0.15) is 5.10 Å². The van der Waals surface area contributed by atoms with E-state index in [4.69, 9.17) is 30.9 Å². The average molecular weight is 959 g/mol. The Hall–Kier alpha value is -2.73. The molecule has 0 unspecified atom stereocenters. The maximum atomic E-state index is 11.5. The molecule has 2 amide bonds. The van der Waals surface area contributed by atoms with E-state index in [1.165, 1.54) is 13.3 Å². The van der Waals surface area contributed by atoms with Crippen LogP contribution >= 0.6 is 0 Å². The first-order chi connectivity index (χ1) is 22.9. The molecule has 1 aromatic rings. The zero-order valence-electron chi connectivity index (χ0n) is 33.8. The van der Waals surface area contributed by atoms with Crippen LogP contribution in [0.15, 0.2) is 23.3 Å². The summed E-state index contributed by atoms with van der Waals surface area (Å²) in [5.74, 6) is -4.10. The maximum Gasteiger partial charge on any atom is 3.00 e. The van der Waals surface area contributed by atoms with Crippen LogP contribution in [-0.2, 0) is 36.0 Å². The molecule has 0 aliphatic heterocycles. The normalized spacial score (nSPS) is 9.30. The number of aliphatic hydroxyl groups is 4. The molecule has 0 aliphatic rings. The summed E-state index contributed by atoms with van der Waals surface area (Å²) >= 11 is 0. The second-order valence-corrected chi connectivity index (χ2v) is 12.8. The molecule has 0 heterocycles. The number of nitrogens with two attached hydrogens (primary N) is 1. The van der Waals surface area contributed by atoms with Gasteiger partial charge in [0.2, 0.25) is 0 Å². The molecule has 7 N–H and O–H groups in total. The predicted octanol–water partition coefficient (Wildman–Crippen LogP) is -2.67.